The zero-order chi connectivity index (χ0) is 10.5. The molecule has 1 heterocycles. The third-order valence-electron chi connectivity index (χ3n) is 3.28. The molecule has 4 heteroatoms. The standard InChI is InChI=1S/C11H12ClNO2/c12-8-4-10-9(14-6-15-10)3-7(8)11(5-13)1-2-11/h3-4H,1-2,5-6,13H2. The van der Waals surface area contributed by atoms with E-state index in [1.807, 2.05) is 12.1 Å². The van der Waals surface area contributed by atoms with Gasteiger partial charge in [0.25, 0.3) is 0 Å². The number of ether oxygens (including phenoxy) is 2. The molecule has 0 spiro atoms. The van der Waals surface area contributed by atoms with Crippen LogP contribution in [0.5, 0.6) is 11.5 Å². The van der Waals surface area contributed by atoms with E-state index >= 15 is 0 Å². The predicted octanol–water partition coefficient (Wildman–Crippen LogP) is 2.06. The minimum absolute atomic E-state index is 0.0953. The second-order valence-electron chi connectivity index (χ2n) is 4.17. The number of hydrogen-bond donors (Lipinski definition) is 1. The highest BCUT2D eigenvalue weighted by atomic mass is 35.5. The van der Waals surface area contributed by atoms with Gasteiger partial charge in [-0.25, -0.2) is 0 Å². The Kier molecular flexibility index (Phi) is 1.88. The van der Waals surface area contributed by atoms with Crippen molar-refractivity contribution in [3.8, 4) is 11.5 Å². The van der Waals surface area contributed by atoms with Gasteiger partial charge in [-0.15, -0.1) is 0 Å². The molecule has 0 bridgehead atoms. The molecule has 0 saturated heterocycles. The van der Waals surface area contributed by atoms with Gasteiger partial charge in [-0.05, 0) is 24.5 Å². The van der Waals surface area contributed by atoms with Crippen molar-refractivity contribution >= 4 is 11.6 Å². The minimum atomic E-state index is 0.0953. The lowest BCUT2D eigenvalue weighted by atomic mass is 9.95. The molecule has 80 valence electrons. The van der Waals surface area contributed by atoms with Gasteiger partial charge >= 0.3 is 0 Å². The van der Waals surface area contributed by atoms with Gasteiger partial charge in [0.15, 0.2) is 11.5 Å². The summed E-state index contributed by atoms with van der Waals surface area (Å²) in [5, 5.41) is 0.738. The molecule has 1 aromatic rings. The summed E-state index contributed by atoms with van der Waals surface area (Å²) in [6.07, 6.45) is 2.23. The summed E-state index contributed by atoms with van der Waals surface area (Å²) in [4.78, 5) is 0. The molecule has 2 aliphatic rings. The number of hydrogen-bond acceptors (Lipinski definition) is 3. The molecular weight excluding hydrogens is 214 g/mol. The first-order chi connectivity index (χ1) is 7.25. The highest BCUT2D eigenvalue weighted by molar-refractivity contribution is 6.31. The topological polar surface area (TPSA) is 44.5 Å². The highest BCUT2D eigenvalue weighted by Crippen LogP contribution is 2.52. The number of rotatable bonds is 2. The van der Waals surface area contributed by atoms with Gasteiger partial charge < -0.3 is 15.2 Å². The van der Waals surface area contributed by atoms with E-state index in [-0.39, 0.29) is 12.2 Å². The van der Waals surface area contributed by atoms with Gasteiger partial charge in [0.1, 0.15) is 0 Å². The zero-order valence-electron chi connectivity index (χ0n) is 8.25. The lowest BCUT2D eigenvalue weighted by Crippen LogP contribution is -2.20. The van der Waals surface area contributed by atoms with Crippen LogP contribution in [0.3, 0.4) is 0 Å². The van der Waals surface area contributed by atoms with Crippen LogP contribution in [0.2, 0.25) is 5.02 Å². The van der Waals surface area contributed by atoms with Gasteiger partial charge in [-0.2, -0.15) is 0 Å². The average Bonchev–Trinajstić information content (AvgIpc) is 2.91. The molecule has 0 radical (unpaired) electrons. The average molecular weight is 226 g/mol. The Bertz CT molecular complexity index is 415. The molecule has 0 aromatic heterocycles. The monoisotopic (exact) mass is 225 g/mol. The molecule has 1 aromatic carbocycles. The zero-order valence-corrected chi connectivity index (χ0v) is 9.01. The van der Waals surface area contributed by atoms with Crippen molar-refractivity contribution < 1.29 is 9.47 Å². The van der Waals surface area contributed by atoms with Crippen molar-refractivity contribution in [2.45, 2.75) is 18.3 Å². The first-order valence-electron chi connectivity index (χ1n) is 5.05. The van der Waals surface area contributed by atoms with E-state index in [9.17, 15) is 0 Å². The fraction of sp³-hybridized carbons (Fsp3) is 0.455. The fourth-order valence-corrected chi connectivity index (χ4v) is 2.41. The fourth-order valence-electron chi connectivity index (χ4n) is 2.06. The van der Waals surface area contributed by atoms with Crippen LogP contribution in [-0.4, -0.2) is 13.3 Å². The Hall–Kier alpha value is -0.930. The molecular formula is C11H12ClNO2. The third-order valence-corrected chi connectivity index (χ3v) is 3.59. The summed E-state index contributed by atoms with van der Waals surface area (Å²) < 4.78 is 10.6. The van der Waals surface area contributed by atoms with Crippen LogP contribution in [0.1, 0.15) is 18.4 Å². The summed E-state index contributed by atoms with van der Waals surface area (Å²) in [6.45, 7) is 0.928. The number of halogens is 1. The van der Waals surface area contributed by atoms with Gasteiger partial charge in [0.2, 0.25) is 6.79 Å². The maximum atomic E-state index is 6.22. The lowest BCUT2D eigenvalue weighted by Gasteiger charge is -2.15. The van der Waals surface area contributed by atoms with Crippen molar-refractivity contribution in [3.63, 3.8) is 0 Å². The summed E-state index contributed by atoms with van der Waals surface area (Å²) >= 11 is 6.22. The molecule has 15 heavy (non-hydrogen) atoms. The first kappa shape index (κ1) is 9.31. The van der Waals surface area contributed by atoms with Crippen LogP contribution in [0.25, 0.3) is 0 Å². The summed E-state index contributed by atoms with van der Waals surface area (Å²) in [6, 6.07) is 3.81. The second kappa shape index (κ2) is 3.03. The molecule has 1 saturated carbocycles. The van der Waals surface area contributed by atoms with Crippen molar-refractivity contribution in [2.75, 3.05) is 13.3 Å². The Labute approximate surface area is 93.1 Å². The van der Waals surface area contributed by atoms with Crippen LogP contribution in [0.15, 0.2) is 12.1 Å². The maximum absolute atomic E-state index is 6.22. The third kappa shape index (κ3) is 1.30. The lowest BCUT2D eigenvalue weighted by molar-refractivity contribution is 0.174. The quantitative estimate of drug-likeness (QED) is 0.838. The van der Waals surface area contributed by atoms with E-state index in [2.05, 4.69) is 0 Å². The Balaban J connectivity index is 2.09. The Morgan fingerprint density at radius 1 is 1.27 bits per heavy atom. The van der Waals surface area contributed by atoms with E-state index in [0.717, 1.165) is 34.9 Å². The number of benzene rings is 1. The minimum Gasteiger partial charge on any atom is -0.454 e. The van der Waals surface area contributed by atoms with Gasteiger partial charge in [0.05, 0.1) is 0 Å². The van der Waals surface area contributed by atoms with E-state index in [0.29, 0.717) is 6.54 Å². The van der Waals surface area contributed by atoms with Crippen molar-refractivity contribution in [2.24, 2.45) is 5.73 Å². The predicted molar refractivity (Wildman–Crippen MR) is 57.5 cm³/mol. The van der Waals surface area contributed by atoms with Crippen LogP contribution in [0, 0.1) is 0 Å². The van der Waals surface area contributed by atoms with E-state index in [4.69, 9.17) is 26.8 Å². The van der Waals surface area contributed by atoms with Crippen LogP contribution in [-0.2, 0) is 5.41 Å². The molecule has 1 aliphatic carbocycles. The molecule has 0 atom stereocenters. The van der Waals surface area contributed by atoms with Gasteiger partial charge in [-0.3, -0.25) is 0 Å². The van der Waals surface area contributed by atoms with E-state index in [1.165, 1.54) is 0 Å². The van der Waals surface area contributed by atoms with Crippen molar-refractivity contribution in [3.05, 3.63) is 22.7 Å². The molecule has 3 rings (SSSR count). The van der Waals surface area contributed by atoms with E-state index in [1.54, 1.807) is 0 Å². The number of nitrogens with two attached hydrogens (primary N) is 1. The normalized spacial score (nSPS) is 20.4. The smallest absolute Gasteiger partial charge is 0.231 e. The molecule has 1 fully saturated rings. The molecule has 0 unspecified atom stereocenters. The van der Waals surface area contributed by atoms with Gasteiger partial charge in [-0.1, -0.05) is 11.6 Å². The Morgan fingerprint density at radius 3 is 2.53 bits per heavy atom. The highest BCUT2D eigenvalue weighted by Gasteiger charge is 2.45. The molecule has 3 nitrogen and oxygen atoms in total. The number of fused-ring (bicyclic) bond motifs is 1. The van der Waals surface area contributed by atoms with Crippen molar-refractivity contribution in [1.82, 2.24) is 0 Å². The van der Waals surface area contributed by atoms with Crippen LogP contribution < -0.4 is 15.2 Å². The maximum Gasteiger partial charge on any atom is 0.231 e. The molecule has 1 aliphatic heterocycles. The summed E-state index contributed by atoms with van der Waals surface area (Å²) in [7, 11) is 0. The first-order valence-corrected chi connectivity index (χ1v) is 5.43. The Morgan fingerprint density at radius 2 is 1.93 bits per heavy atom. The van der Waals surface area contributed by atoms with Crippen molar-refractivity contribution in [1.29, 1.82) is 0 Å². The van der Waals surface area contributed by atoms with Crippen LogP contribution >= 0.6 is 11.6 Å². The largest absolute Gasteiger partial charge is 0.454 e. The summed E-state index contributed by atoms with van der Waals surface area (Å²) in [5.74, 6) is 1.52. The molecule has 2 N–H and O–H groups in total. The SMILES string of the molecule is NCC1(c2cc3c(cc2Cl)OCO3)CC1. The second-order valence-corrected chi connectivity index (χ2v) is 4.58. The molecule has 0 amide bonds. The van der Waals surface area contributed by atoms with E-state index < -0.39 is 0 Å². The van der Waals surface area contributed by atoms with Gasteiger partial charge in [0, 0.05) is 23.0 Å². The summed E-state index contributed by atoms with van der Waals surface area (Å²) in [5.41, 5.74) is 6.99. The van der Waals surface area contributed by atoms with Crippen LogP contribution in [0.4, 0.5) is 0 Å².